The minimum Gasteiger partial charge on any atom is -0.393 e. The first-order valence-electron chi connectivity index (χ1n) is 7.62. The number of ketones is 1. The van der Waals surface area contributed by atoms with E-state index in [-0.39, 0.29) is 17.9 Å². The Morgan fingerprint density at radius 3 is 2.75 bits per heavy atom. The van der Waals surface area contributed by atoms with Crippen molar-refractivity contribution in [3.8, 4) is 0 Å². The molecule has 106 valence electrons. The van der Waals surface area contributed by atoms with Crippen molar-refractivity contribution < 1.29 is 9.90 Å². The van der Waals surface area contributed by atoms with E-state index in [1.807, 2.05) is 25.1 Å². The Morgan fingerprint density at radius 1 is 1.25 bits per heavy atom. The van der Waals surface area contributed by atoms with E-state index >= 15 is 0 Å². The molecule has 0 amide bonds. The summed E-state index contributed by atoms with van der Waals surface area (Å²) in [6.45, 7) is 1.96. The highest BCUT2D eigenvalue weighted by Crippen LogP contribution is 2.41. The van der Waals surface area contributed by atoms with Crippen LogP contribution in [0.2, 0.25) is 0 Å². The summed E-state index contributed by atoms with van der Waals surface area (Å²) < 4.78 is 0. The van der Waals surface area contributed by atoms with Gasteiger partial charge in [-0.3, -0.25) is 4.79 Å². The molecule has 2 aliphatic carbocycles. The van der Waals surface area contributed by atoms with Crippen molar-refractivity contribution in [2.75, 3.05) is 0 Å². The summed E-state index contributed by atoms with van der Waals surface area (Å²) in [4.78, 5) is 12.6. The van der Waals surface area contributed by atoms with Gasteiger partial charge < -0.3 is 5.11 Å². The van der Waals surface area contributed by atoms with Gasteiger partial charge in [-0.15, -0.1) is 0 Å². The van der Waals surface area contributed by atoms with Crippen LogP contribution in [-0.2, 0) is 11.2 Å². The molecule has 0 radical (unpaired) electrons. The first-order chi connectivity index (χ1) is 9.66. The number of fused-ring (bicyclic) bond motifs is 1. The fourth-order valence-electron chi connectivity index (χ4n) is 3.84. The molecular weight excluding hydrogens is 248 g/mol. The van der Waals surface area contributed by atoms with Crippen LogP contribution < -0.4 is 0 Å². The van der Waals surface area contributed by atoms with E-state index in [1.54, 1.807) is 0 Å². The van der Waals surface area contributed by atoms with E-state index in [4.69, 9.17) is 0 Å². The van der Waals surface area contributed by atoms with Crippen LogP contribution >= 0.6 is 0 Å². The molecule has 0 saturated heterocycles. The zero-order chi connectivity index (χ0) is 14.1. The highest BCUT2D eigenvalue weighted by atomic mass is 16.3. The van der Waals surface area contributed by atoms with Crippen LogP contribution in [0, 0.1) is 11.8 Å². The van der Waals surface area contributed by atoms with Gasteiger partial charge in [-0.1, -0.05) is 35.9 Å². The number of hydrogen-bond acceptors (Lipinski definition) is 2. The maximum Gasteiger partial charge on any atom is 0.161 e. The third-order valence-corrected chi connectivity index (χ3v) is 4.94. The molecule has 0 spiro atoms. The van der Waals surface area contributed by atoms with Gasteiger partial charge >= 0.3 is 0 Å². The van der Waals surface area contributed by atoms with Gasteiger partial charge in [0.2, 0.25) is 0 Å². The molecule has 2 nitrogen and oxygen atoms in total. The van der Waals surface area contributed by atoms with Gasteiger partial charge in [-0.2, -0.15) is 0 Å². The van der Waals surface area contributed by atoms with Crippen molar-refractivity contribution in [3.05, 3.63) is 47.0 Å². The molecule has 0 heterocycles. The number of rotatable bonds is 2. The van der Waals surface area contributed by atoms with E-state index in [9.17, 15) is 9.90 Å². The molecule has 0 aromatic heterocycles. The molecule has 1 N–H and O–H groups in total. The Labute approximate surface area is 120 Å². The van der Waals surface area contributed by atoms with E-state index in [0.29, 0.717) is 5.78 Å². The van der Waals surface area contributed by atoms with E-state index in [2.05, 4.69) is 12.1 Å². The number of hydrogen-bond donors (Lipinski definition) is 1. The van der Waals surface area contributed by atoms with Crippen LogP contribution in [0.25, 0.3) is 0 Å². The third-order valence-electron chi connectivity index (χ3n) is 4.94. The molecule has 20 heavy (non-hydrogen) atoms. The maximum absolute atomic E-state index is 12.6. The Morgan fingerprint density at radius 2 is 2.00 bits per heavy atom. The standard InChI is InChI=1S/C18H22O2/c1-12-15-8-5-9-17(19)16(15)11-14(18(12)20)10-13-6-3-2-4-7-13/h2-4,6-7,14,16-17,19H,5,8-11H2,1H3. The Hall–Kier alpha value is -1.41. The molecule has 3 atom stereocenters. The number of aliphatic hydroxyl groups is 1. The predicted molar refractivity (Wildman–Crippen MR) is 79.3 cm³/mol. The fourth-order valence-corrected chi connectivity index (χ4v) is 3.84. The van der Waals surface area contributed by atoms with Crippen molar-refractivity contribution >= 4 is 5.78 Å². The molecular formula is C18H22O2. The SMILES string of the molecule is CC1=C2CCCC(O)C2CC(Cc2ccccc2)C1=O. The van der Waals surface area contributed by atoms with Gasteiger partial charge in [0.1, 0.15) is 0 Å². The largest absolute Gasteiger partial charge is 0.393 e. The Kier molecular flexibility index (Phi) is 3.75. The average molecular weight is 270 g/mol. The molecule has 1 saturated carbocycles. The van der Waals surface area contributed by atoms with Crippen molar-refractivity contribution in [2.24, 2.45) is 11.8 Å². The molecule has 3 rings (SSSR count). The minimum atomic E-state index is -0.250. The monoisotopic (exact) mass is 270 g/mol. The summed E-state index contributed by atoms with van der Waals surface area (Å²) in [5.41, 5.74) is 3.38. The number of aliphatic hydroxyl groups excluding tert-OH is 1. The first kappa shape index (κ1) is 13.6. The van der Waals surface area contributed by atoms with E-state index in [0.717, 1.165) is 37.7 Å². The summed E-state index contributed by atoms with van der Waals surface area (Å²) >= 11 is 0. The van der Waals surface area contributed by atoms with Crippen molar-refractivity contribution in [1.82, 2.24) is 0 Å². The van der Waals surface area contributed by atoms with Crippen LogP contribution in [0.5, 0.6) is 0 Å². The van der Waals surface area contributed by atoms with Gasteiger partial charge in [0.25, 0.3) is 0 Å². The van der Waals surface area contributed by atoms with E-state index < -0.39 is 0 Å². The lowest BCUT2D eigenvalue weighted by Gasteiger charge is -2.38. The molecule has 1 aromatic carbocycles. The lowest BCUT2D eigenvalue weighted by molar-refractivity contribution is -0.121. The summed E-state index contributed by atoms with van der Waals surface area (Å²) in [5.74, 6) is 0.559. The second-order valence-corrected chi connectivity index (χ2v) is 6.20. The van der Waals surface area contributed by atoms with Gasteiger partial charge in [-0.25, -0.2) is 0 Å². The molecule has 3 unspecified atom stereocenters. The first-order valence-corrected chi connectivity index (χ1v) is 7.62. The molecule has 1 fully saturated rings. The molecule has 1 aromatic rings. The van der Waals surface area contributed by atoms with Gasteiger partial charge in [0.05, 0.1) is 6.10 Å². The number of carbonyl (C=O) groups is 1. The van der Waals surface area contributed by atoms with Crippen LogP contribution in [0.1, 0.15) is 38.2 Å². The van der Waals surface area contributed by atoms with Gasteiger partial charge in [0.15, 0.2) is 5.78 Å². The fraction of sp³-hybridized carbons (Fsp3) is 0.500. The van der Waals surface area contributed by atoms with Crippen LogP contribution in [0.15, 0.2) is 41.5 Å². The summed E-state index contributed by atoms with van der Waals surface area (Å²) in [5, 5.41) is 10.2. The summed E-state index contributed by atoms with van der Waals surface area (Å²) in [6.07, 6.45) is 4.27. The smallest absolute Gasteiger partial charge is 0.161 e. The average Bonchev–Trinajstić information content (AvgIpc) is 2.47. The zero-order valence-corrected chi connectivity index (χ0v) is 12.0. The molecule has 0 bridgehead atoms. The second kappa shape index (κ2) is 5.53. The number of carbonyl (C=O) groups excluding carboxylic acids is 1. The van der Waals surface area contributed by atoms with Gasteiger partial charge in [-0.05, 0) is 50.2 Å². The van der Waals surface area contributed by atoms with Crippen LogP contribution in [0.3, 0.4) is 0 Å². The summed E-state index contributed by atoms with van der Waals surface area (Å²) in [7, 11) is 0. The third kappa shape index (κ3) is 2.45. The Balaban J connectivity index is 1.84. The Bertz CT molecular complexity index is 530. The maximum atomic E-state index is 12.6. The number of Topliss-reactive ketones (excluding diaryl/α,β-unsaturated/α-hetero) is 1. The summed E-state index contributed by atoms with van der Waals surface area (Å²) in [6, 6.07) is 10.2. The lowest BCUT2D eigenvalue weighted by atomic mass is 9.68. The second-order valence-electron chi connectivity index (χ2n) is 6.20. The number of benzene rings is 1. The molecule has 2 heteroatoms. The zero-order valence-electron chi connectivity index (χ0n) is 12.0. The van der Waals surface area contributed by atoms with Crippen molar-refractivity contribution in [2.45, 2.75) is 45.1 Å². The molecule has 0 aliphatic heterocycles. The quantitative estimate of drug-likeness (QED) is 0.895. The highest BCUT2D eigenvalue weighted by Gasteiger charge is 2.38. The minimum absolute atomic E-state index is 0.0406. The number of allylic oxidation sites excluding steroid dienone is 1. The highest BCUT2D eigenvalue weighted by molar-refractivity contribution is 5.98. The lowest BCUT2D eigenvalue weighted by Crippen LogP contribution is -2.37. The van der Waals surface area contributed by atoms with E-state index in [1.165, 1.54) is 11.1 Å². The van der Waals surface area contributed by atoms with Crippen molar-refractivity contribution in [1.29, 1.82) is 0 Å². The topological polar surface area (TPSA) is 37.3 Å². The van der Waals surface area contributed by atoms with Crippen LogP contribution in [-0.4, -0.2) is 17.0 Å². The van der Waals surface area contributed by atoms with Gasteiger partial charge in [0, 0.05) is 11.8 Å². The normalized spacial score (nSPS) is 30.3. The van der Waals surface area contributed by atoms with Crippen molar-refractivity contribution in [3.63, 3.8) is 0 Å². The van der Waals surface area contributed by atoms with Crippen LogP contribution in [0.4, 0.5) is 0 Å². The predicted octanol–water partition coefficient (Wildman–Crippen LogP) is 3.30. The molecule has 2 aliphatic rings.